The Hall–Kier alpha value is -4.63. The maximum Gasteiger partial charge on any atom is 0.291 e. The number of rotatable bonds is 7. The SMILES string of the molecule is Cc1c(C(=O)Nc2cc(Cl)ccc2Oc2ccccc2)oc2c1/C(=N/Nc1ccc([N+](=O)[O-])cc1)CCC2. The fourth-order valence-electron chi connectivity index (χ4n) is 4.27. The number of halogens is 1. The van der Waals surface area contributed by atoms with Gasteiger partial charge in [0.05, 0.1) is 22.0 Å². The van der Waals surface area contributed by atoms with Crippen molar-refractivity contribution >= 4 is 40.3 Å². The fourth-order valence-corrected chi connectivity index (χ4v) is 4.44. The molecule has 4 aromatic rings. The molecule has 0 saturated heterocycles. The van der Waals surface area contributed by atoms with Gasteiger partial charge in [-0.15, -0.1) is 0 Å². The number of hydrazone groups is 1. The quantitative estimate of drug-likeness (QED) is 0.190. The summed E-state index contributed by atoms with van der Waals surface area (Å²) in [4.78, 5) is 23.8. The summed E-state index contributed by atoms with van der Waals surface area (Å²) in [6.07, 6.45) is 2.18. The molecule has 1 aliphatic rings. The van der Waals surface area contributed by atoms with Gasteiger partial charge >= 0.3 is 0 Å². The minimum Gasteiger partial charge on any atom is -0.455 e. The standard InChI is InChI=1S/C28H23ClN4O5/c1-17-26-22(32-31-19-11-13-20(14-12-19)33(35)36)8-5-9-25(26)38-27(17)28(34)30-23-16-18(29)10-15-24(23)37-21-6-3-2-4-7-21/h2-4,6-7,10-16,31H,5,8-9H2,1H3,(H,30,34)/b32-22+. The minimum atomic E-state index is -0.454. The number of nitro groups is 1. The number of fused-ring (bicyclic) bond motifs is 1. The lowest BCUT2D eigenvalue weighted by Crippen LogP contribution is -2.15. The zero-order chi connectivity index (χ0) is 26.6. The molecule has 0 unspecified atom stereocenters. The van der Waals surface area contributed by atoms with E-state index in [1.54, 1.807) is 30.3 Å². The highest BCUT2D eigenvalue weighted by Gasteiger charge is 2.28. The van der Waals surface area contributed by atoms with E-state index in [9.17, 15) is 14.9 Å². The van der Waals surface area contributed by atoms with Gasteiger partial charge in [0, 0.05) is 34.7 Å². The maximum atomic E-state index is 13.3. The molecule has 0 fully saturated rings. The lowest BCUT2D eigenvalue weighted by atomic mass is 9.93. The molecule has 0 radical (unpaired) electrons. The van der Waals surface area contributed by atoms with E-state index < -0.39 is 10.8 Å². The van der Waals surface area contributed by atoms with Crippen LogP contribution in [0.5, 0.6) is 11.5 Å². The summed E-state index contributed by atoms with van der Waals surface area (Å²) in [5.41, 5.74) is 6.20. The molecule has 1 aliphatic carbocycles. The molecule has 1 aromatic heterocycles. The Kier molecular flexibility index (Phi) is 7.10. The number of carbonyl (C=O) groups excluding carboxylic acids is 1. The van der Waals surface area contributed by atoms with E-state index in [-0.39, 0.29) is 11.4 Å². The Labute approximate surface area is 223 Å². The molecule has 9 nitrogen and oxygen atoms in total. The summed E-state index contributed by atoms with van der Waals surface area (Å²) in [6.45, 7) is 1.82. The maximum absolute atomic E-state index is 13.3. The number of aryl methyl sites for hydroxylation is 1. The van der Waals surface area contributed by atoms with Crippen LogP contribution in [0.15, 0.2) is 82.3 Å². The number of ether oxygens (including phenoxy) is 1. The number of hydrogen-bond donors (Lipinski definition) is 2. The van der Waals surface area contributed by atoms with Crippen molar-refractivity contribution in [2.75, 3.05) is 10.7 Å². The van der Waals surface area contributed by atoms with Crippen molar-refractivity contribution in [2.24, 2.45) is 5.10 Å². The summed E-state index contributed by atoms with van der Waals surface area (Å²) in [6, 6.07) is 20.2. The van der Waals surface area contributed by atoms with E-state index >= 15 is 0 Å². The number of hydrogen-bond acceptors (Lipinski definition) is 7. The van der Waals surface area contributed by atoms with Crippen molar-refractivity contribution in [3.05, 3.63) is 111 Å². The van der Waals surface area contributed by atoms with E-state index in [1.165, 1.54) is 12.1 Å². The molecule has 0 atom stereocenters. The number of nitrogens with one attached hydrogen (secondary N) is 2. The zero-order valence-corrected chi connectivity index (χ0v) is 21.1. The lowest BCUT2D eigenvalue weighted by molar-refractivity contribution is -0.384. The van der Waals surface area contributed by atoms with E-state index in [2.05, 4.69) is 15.8 Å². The second kappa shape index (κ2) is 10.8. The second-order valence-electron chi connectivity index (χ2n) is 8.69. The number of anilines is 2. The van der Waals surface area contributed by atoms with Gasteiger partial charge in [0.25, 0.3) is 11.6 Å². The number of nitro benzene ring substituents is 1. The summed E-state index contributed by atoms with van der Waals surface area (Å²) >= 11 is 6.21. The van der Waals surface area contributed by atoms with Crippen molar-refractivity contribution in [2.45, 2.75) is 26.2 Å². The van der Waals surface area contributed by atoms with Gasteiger partial charge in [-0.2, -0.15) is 5.10 Å². The number of carbonyl (C=O) groups is 1. The largest absolute Gasteiger partial charge is 0.455 e. The summed E-state index contributed by atoms with van der Waals surface area (Å²) in [5, 5.41) is 18.7. The van der Waals surface area contributed by atoms with Gasteiger partial charge in [-0.25, -0.2) is 0 Å². The minimum absolute atomic E-state index is 0.00141. The number of nitrogens with zero attached hydrogens (tertiary/aromatic N) is 2. The highest BCUT2D eigenvalue weighted by atomic mass is 35.5. The molecule has 38 heavy (non-hydrogen) atoms. The molecule has 1 heterocycles. The number of amides is 1. The molecule has 192 valence electrons. The number of non-ortho nitro benzene ring substituents is 1. The van der Waals surface area contributed by atoms with Gasteiger partial charge in [-0.05, 0) is 62.2 Å². The lowest BCUT2D eigenvalue weighted by Gasteiger charge is -2.14. The fraction of sp³-hybridized carbons (Fsp3) is 0.143. The number of para-hydroxylation sites is 1. The van der Waals surface area contributed by atoms with Gasteiger partial charge in [0.2, 0.25) is 0 Å². The smallest absolute Gasteiger partial charge is 0.291 e. The molecular weight excluding hydrogens is 508 g/mol. The molecule has 10 heteroatoms. The topological polar surface area (TPSA) is 119 Å². The van der Waals surface area contributed by atoms with Gasteiger partial charge in [-0.1, -0.05) is 29.8 Å². The van der Waals surface area contributed by atoms with Crippen LogP contribution in [0.1, 0.15) is 40.3 Å². The molecule has 5 rings (SSSR count). The predicted molar refractivity (Wildman–Crippen MR) is 146 cm³/mol. The normalized spacial score (nSPS) is 13.6. The first-order valence-corrected chi connectivity index (χ1v) is 12.3. The Balaban J connectivity index is 1.38. The molecular formula is C28H23ClN4O5. The van der Waals surface area contributed by atoms with Gasteiger partial charge in [-0.3, -0.25) is 20.3 Å². The Bertz CT molecular complexity index is 1530. The summed E-state index contributed by atoms with van der Waals surface area (Å²) in [5.74, 6) is 1.51. The van der Waals surface area contributed by atoms with E-state index in [1.807, 2.05) is 37.3 Å². The Morgan fingerprint density at radius 3 is 2.58 bits per heavy atom. The molecule has 3 aromatic carbocycles. The summed E-state index contributed by atoms with van der Waals surface area (Å²) in [7, 11) is 0. The third-order valence-electron chi connectivity index (χ3n) is 6.09. The van der Waals surface area contributed by atoms with Crippen LogP contribution in [0.25, 0.3) is 0 Å². The Morgan fingerprint density at radius 2 is 1.84 bits per heavy atom. The van der Waals surface area contributed by atoms with E-state index in [4.69, 9.17) is 20.8 Å². The summed E-state index contributed by atoms with van der Waals surface area (Å²) < 4.78 is 12.0. The Morgan fingerprint density at radius 1 is 1.08 bits per heavy atom. The monoisotopic (exact) mass is 530 g/mol. The van der Waals surface area contributed by atoms with Crippen LogP contribution < -0.4 is 15.5 Å². The van der Waals surface area contributed by atoms with Crippen molar-refractivity contribution < 1.29 is 18.9 Å². The molecule has 2 N–H and O–H groups in total. The zero-order valence-electron chi connectivity index (χ0n) is 20.4. The third kappa shape index (κ3) is 5.37. The average Bonchev–Trinajstić information content (AvgIpc) is 3.27. The first-order chi connectivity index (χ1) is 18.4. The first kappa shape index (κ1) is 25.0. The highest BCUT2D eigenvalue weighted by Crippen LogP contribution is 2.34. The van der Waals surface area contributed by atoms with Crippen LogP contribution in [-0.4, -0.2) is 16.5 Å². The highest BCUT2D eigenvalue weighted by molar-refractivity contribution is 6.31. The van der Waals surface area contributed by atoms with Crippen molar-refractivity contribution in [3.63, 3.8) is 0 Å². The van der Waals surface area contributed by atoms with Crippen LogP contribution in [-0.2, 0) is 6.42 Å². The van der Waals surface area contributed by atoms with Crippen LogP contribution in [0.2, 0.25) is 5.02 Å². The predicted octanol–water partition coefficient (Wildman–Crippen LogP) is 7.35. The second-order valence-corrected chi connectivity index (χ2v) is 9.13. The van der Waals surface area contributed by atoms with E-state index in [0.29, 0.717) is 52.1 Å². The van der Waals surface area contributed by atoms with Gasteiger partial charge in [0.1, 0.15) is 11.5 Å². The van der Waals surface area contributed by atoms with E-state index in [0.717, 1.165) is 17.7 Å². The third-order valence-corrected chi connectivity index (χ3v) is 6.33. The van der Waals surface area contributed by atoms with Crippen LogP contribution >= 0.6 is 11.6 Å². The molecule has 0 saturated carbocycles. The molecule has 1 amide bonds. The van der Waals surface area contributed by atoms with Crippen molar-refractivity contribution in [3.8, 4) is 11.5 Å². The van der Waals surface area contributed by atoms with Crippen LogP contribution in [0, 0.1) is 17.0 Å². The molecule has 0 spiro atoms. The number of benzene rings is 3. The average molecular weight is 531 g/mol. The first-order valence-electron chi connectivity index (χ1n) is 11.9. The molecule has 0 bridgehead atoms. The van der Waals surface area contributed by atoms with Gasteiger partial charge in [0.15, 0.2) is 11.5 Å². The van der Waals surface area contributed by atoms with Crippen LogP contribution in [0.4, 0.5) is 17.1 Å². The van der Waals surface area contributed by atoms with Gasteiger partial charge < -0.3 is 14.5 Å². The van der Waals surface area contributed by atoms with Crippen LogP contribution in [0.3, 0.4) is 0 Å². The number of furan rings is 1. The van der Waals surface area contributed by atoms with Crippen molar-refractivity contribution in [1.82, 2.24) is 0 Å². The van der Waals surface area contributed by atoms with Crippen molar-refractivity contribution in [1.29, 1.82) is 0 Å². The molecule has 0 aliphatic heterocycles.